The largest absolute Gasteiger partial charge is 0.272 e. The van der Waals surface area contributed by atoms with Gasteiger partial charge in [-0.2, -0.15) is 5.10 Å². The zero-order valence-electron chi connectivity index (χ0n) is 13.5. The fraction of sp³-hybridized carbons (Fsp3) is 0.824. The molecule has 0 radical (unpaired) electrons. The van der Waals surface area contributed by atoms with Crippen molar-refractivity contribution in [3.05, 3.63) is 17.5 Å². The molecule has 0 saturated heterocycles. The lowest BCUT2D eigenvalue weighted by atomic mass is 9.66. The summed E-state index contributed by atoms with van der Waals surface area (Å²) in [7, 11) is 2.04. The number of hydrogen-bond acceptors (Lipinski definition) is 3. The fourth-order valence-corrected chi connectivity index (χ4v) is 4.72. The van der Waals surface area contributed by atoms with Crippen LogP contribution in [0.5, 0.6) is 0 Å². The van der Waals surface area contributed by atoms with Crippen LogP contribution in [0, 0.1) is 24.7 Å². The molecule has 2 aliphatic rings. The summed E-state index contributed by atoms with van der Waals surface area (Å²) in [5, 5.41) is 4.46. The molecule has 2 fully saturated rings. The minimum atomic E-state index is 0.391. The van der Waals surface area contributed by atoms with Crippen molar-refractivity contribution in [1.82, 2.24) is 15.2 Å². The van der Waals surface area contributed by atoms with E-state index in [1.807, 2.05) is 11.7 Å². The molecular formula is C17H30N4. The van der Waals surface area contributed by atoms with E-state index in [4.69, 9.17) is 5.84 Å². The van der Waals surface area contributed by atoms with Crippen LogP contribution in [0.4, 0.5) is 0 Å². The first-order valence-corrected chi connectivity index (χ1v) is 8.63. The SMILES string of the molecule is Cc1cc(CC(NN)C2CCC3CCCCC3C2)n(C)n1. The van der Waals surface area contributed by atoms with Crippen molar-refractivity contribution in [3.63, 3.8) is 0 Å². The minimum Gasteiger partial charge on any atom is -0.272 e. The molecule has 0 aromatic carbocycles. The van der Waals surface area contributed by atoms with Crippen LogP contribution in [0.2, 0.25) is 0 Å². The Kier molecular flexibility index (Phi) is 4.65. The Morgan fingerprint density at radius 2 is 2.05 bits per heavy atom. The standard InChI is InChI=1S/C17H30N4/c1-12-9-16(21(2)20-12)11-17(19-18)15-8-7-13-5-3-4-6-14(13)10-15/h9,13-15,17,19H,3-8,10-11,18H2,1-2H3. The van der Waals surface area contributed by atoms with Gasteiger partial charge in [0.1, 0.15) is 0 Å². The van der Waals surface area contributed by atoms with Crippen molar-refractivity contribution in [1.29, 1.82) is 0 Å². The van der Waals surface area contributed by atoms with E-state index in [1.54, 1.807) is 0 Å². The summed E-state index contributed by atoms with van der Waals surface area (Å²) in [6, 6.07) is 2.58. The van der Waals surface area contributed by atoms with Crippen molar-refractivity contribution >= 4 is 0 Å². The Bertz CT molecular complexity index is 467. The topological polar surface area (TPSA) is 55.9 Å². The summed E-state index contributed by atoms with van der Waals surface area (Å²) in [5.74, 6) is 8.59. The van der Waals surface area contributed by atoms with Gasteiger partial charge >= 0.3 is 0 Å². The first-order chi connectivity index (χ1) is 10.2. The van der Waals surface area contributed by atoms with Crippen molar-refractivity contribution in [3.8, 4) is 0 Å². The number of nitrogens with zero attached hydrogens (tertiary/aromatic N) is 2. The van der Waals surface area contributed by atoms with Crippen LogP contribution in [-0.2, 0) is 13.5 Å². The first-order valence-electron chi connectivity index (χ1n) is 8.63. The maximum Gasteiger partial charge on any atom is 0.0596 e. The smallest absolute Gasteiger partial charge is 0.0596 e. The van der Waals surface area contributed by atoms with Gasteiger partial charge in [-0.15, -0.1) is 0 Å². The maximum absolute atomic E-state index is 5.90. The highest BCUT2D eigenvalue weighted by Gasteiger charge is 2.35. The van der Waals surface area contributed by atoms with Crippen molar-refractivity contribution in [2.24, 2.45) is 30.6 Å². The van der Waals surface area contributed by atoms with E-state index in [-0.39, 0.29) is 0 Å². The van der Waals surface area contributed by atoms with Gasteiger partial charge in [-0.3, -0.25) is 16.0 Å². The van der Waals surface area contributed by atoms with Crippen LogP contribution in [0.1, 0.15) is 56.3 Å². The van der Waals surface area contributed by atoms with E-state index in [9.17, 15) is 0 Å². The monoisotopic (exact) mass is 290 g/mol. The number of aromatic nitrogens is 2. The van der Waals surface area contributed by atoms with E-state index in [0.29, 0.717) is 6.04 Å². The predicted octanol–water partition coefficient (Wildman–Crippen LogP) is 2.71. The second kappa shape index (κ2) is 6.49. The molecule has 4 heteroatoms. The normalized spacial score (nSPS) is 30.9. The van der Waals surface area contributed by atoms with Crippen molar-refractivity contribution < 1.29 is 0 Å². The summed E-state index contributed by atoms with van der Waals surface area (Å²) < 4.78 is 2.01. The summed E-state index contributed by atoms with van der Waals surface area (Å²) in [5.41, 5.74) is 5.50. The molecule has 3 N–H and O–H groups in total. The van der Waals surface area contributed by atoms with Crippen molar-refractivity contribution in [2.45, 2.75) is 64.3 Å². The molecule has 1 aromatic rings. The number of hydrogen-bond donors (Lipinski definition) is 2. The average Bonchev–Trinajstić information content (AvgIpc) is 2.82. The molecule has 3 rings (SSSR count). The van der Waals surface area contributed by atoms with Gasteiger partial charge in [0.2, 0.25) is 0 Å². The number of aryl methyl sites for hydroxylation is 2. The second-order valence-corrected chi connectivity index (χ2v) is 7.26. The van der Waals surface area contributed by atoms with Crippen molar-refractivity contribution in [2.75, 3.05) is 0 Å². The minimum absolute atomic E-state index is 0.391. The number of nitrogens with two attached hydrogens (primary N) is 1. The number of nitrogens with one attached hydrogen (secondary N) is 1. The molecule has 2 saturated carbocycles. The first kappa shape index (κ1) is 15.0. The summed E-state index contributed by atoms with van der Waals surface area (Å²) in [6.45, 7) is 2.06. The van der Waals surface area contributed by atoms with E-state index in [2.05, 4.69) is 23.5 Å². The van der Waals surface area contributed by atoms with Gasteiger partial charge in [0, 0.05) is 25.2 Å². The van der Waals surface area contributed by atoms with Gasteiger partial charge in [0.05, 0.1) is 5.69 Å². The lowest BCUT2D eigenvalue weighted by molar-refractivity contribution is 0.109. The van der Waals surface area contributed by atoms with Gasteiger partial charge in [0.15, 0.2) is 0 Å². The molecule has 0 bridgehead atoms. The van der Waals surface area contributed by atoms with E-state index < -0.39 is 0 Å². The molecule has 21 heavy (non-hydrogen) atoms. The third kappa shape index (κ3) is 3.32. The zero-order valence-corrected chi connectivity index (χ0v) is 13.5. The molecule has 4 unspecified atom stereocenters. The quantitative estimate of drug-likeness (QED) is 0.662. The van der Waals surface area contributed by atoms with Gasteiger partial charge in [-0.25, -0.2) is 0 Å². The van der Waals surface area contributed by atoms with E-state index in [0.717, 1.165) is 29.9 Å². The van der Waals surface area contributed by atoms with Crippen LogP contribution in [-0.4, -0.2) is 15.8 Å². The van der Waals surface area contributed by atoms with Gasteiger partial charge in [0.25, 0.3) is 0 Å². The Morgan fingerprint density at radius 1 is 1.29 bits per heavy atom. The molecule has 0 spiro atoms. The molecule has 1 aromatic heterocycles. The Morgan fingerprint density at radius 3 is 2.71 bits per heavy atom. The Balaban J connectivity index is 1.64. The molecule has 4 nitrogen and oxygen atoms in total. The van der Waals surface area contributed by atoms with Crippen LogP contribution < -0.4 is 11.3 Å². The van der Waals surface area contributed by atoms with Gasteiger partial charge in [-0.1, -0.05) is 25.7 Å². The van der Waals surface area contributed by atoms with E-state index in [1.165, 1.54) is 50.6 Å². The summed E-state index contributed by atoms with van der Waals surface area (Å²) >= 11 is 0. The Hall–Kier alpha value is -0.870. The van der Waals surface area contributed by atoms with E-state index >= 15 is 0 Å². The molecule has 4 atom stereocenters. The summed E-state index contributed by atoms with van der Waals surface area (Å²) in [6.07, 6.45) is 10.9. The van der Waals surface area contributed by atoms with Crippen LogP contribution in [0.3, 0.4) is 0 Å². The Labute approximate surface area is 128 Å². The third-order valence-corrected chi connectivity index (χ3v) is 5.89. The fourth-order valence-electron chi connectivity index (χ4n) is 4.72. The van der Waals surface area contributed by atoms with Crippen LogP contribution >= 0.6 is 0 Å². The third-order valence-electron chi connectivity index (χ3n) is 5.89. The highest BCUT2D eigenvalue weighted by molar-refractivity contribution is 5.10. The lowest BCUT2D eigenvalue weighted by Crippen LogP contribution is -2.45. The zero-order chi connectivity index (χ0) is 14.8. The van der Waals surface area contributed by atoms with Crippen LogP contribution in [0.15, 0.2) is 6.07 Å². The molecule has 0 aliphatic heterocycles. The molecule has 118 valence electrons. The molecule has 2 aliphatic carbocycles. The number of fused-ring (bicyclic) bond motifs is 1. The predicted molar refractivity (Wildman–Crippen MR) is 85.5 cm³/mol. The average molecular weight is 290 g/mol. The highest BCUT2D eigenvalue weighted by Crippen LogP contribution is 2.43. The number of hydrazine groups is 1. The van der Waals surface area contributed by atoms with Gasteiger partial charge < -0.3 is 0 Å². The van der Waals surface area contributed by atoms with Gasteiger partial charge in [-0.05, 0) is 50.0 Å². The lowest BCUT2D eigenvalue weighted by Gasteiger charge is -2.41. The number of rotatable bonds is 4. The molecule has 0 amide bonds. The molecule has 1 heterocycles. The van der Waals surface area contributed by atoms with Crippen LogP contribution in [0.25, 0.3) is 0 Å². The summed E-state index contributed by atoms with van der Waals surface area (Å²) in [4.78, 5) is 0. The molecular weight excluding hydrogens is 260 g/mol. The maximum atomic E-state index is 5.90. The highest BCUT2D eigenvalue weighted by atomic mass is 15.3. The second-order valence-electron chi connectivity index (χ2n) is 7.26.